The van der Waals surface area contributed by atoms with E-state index < -0.39 is 5.92 Å². The number of imidazole rings is 1. The van der Waals surface area contributed by atoms with Crippen LogP contribution in [0.1, 0.15) is 25.0 Å². The number of hydrogen-bond donors (Lipinski definition) is 2. The predicted octanol–water partition coefficient (Wildman–Crippen LogP) is 5.05. The van der Waals surface area contributed by atoms with Crippen LogP contribution in [0.4, 0.5) is 20.4 Å². The summed E-state index contributed by atoms with van der Waals surface area (Å²) in [5.41, 5.74) is 2.54. The number of benzene rings is 2. The average molecular weight is 523 g/mol. The first-order valence-corrected chi connectivity index (χ1v) is 12.8. The number of anilines is 2. The number of aryl methyl sites for hydroxylation is 1. The van der Waals surface area contributed by atoms with Crippen LogP contribution in [0.25, 0.3) is 11.0 Å². The molecule has 1 saturated heterocycles. The van der Waals surface area contributed by atoms with Crippen molar-refractivity contribution < 1.29 is 13.5 Å². The number of ether oxygens (including phenoxy) is 1. The van der Waals surface area contributed by atoms with Gasteiger partial charge in [0.05, 0.1) is 11.0 Å². The van der Waals surface area contributed by atoms with Gasteiger partial charge in [-0.3, -0.25) is 9.69 Å². The van der Waals surface area contributed by atoms with Gasteiger partial charge in [-0.25, -0.2) is 13.8 Å². The highest BCUT2D eigenvalue weighted by Crippen LogP contribution is 2.34. The summed E-state index contributed by atoms with van der Waals surface area (Å²) in [6, 6.07) is 13.6. The Hall–Kier alpha value is -3.76. The number of hydrogen-bond acceptors (Lipinski definition) is 6. The molecule has 4 aromatic rings. The molecule has 8 nitrogen and oxygen atoms in total. The fraction of sp³-hybridized carbons (Fsp3) is 0.357. The lowest BCUT2D eigenvalue weighted by Gasteiger charge is -2.34. The van der Waals surface area contributed by atoms with Crippen LogP contribution in [0.2, 0.25) is 0 Å². The maximum Gasteiger partial charge on any atom is 0.270 e. The lowest BCUT2D eigenvalue weighted by Crippen LogP contribution is -2.45. The number of alkyl halides is 2. The summed E-state index contributed by atoms with van der Waals surface area (Å²) >= 11 is 0. The smallest absolute Gasteiger partial charge is 0.270 e. The monoisotopic (exact) mass is 522 g/mol. The largest absolute Gasteiger partial charge is 0.456 e. The highest BCUT2D eigenvalue weighted by Gasteiger charge is 2.29. The first-order chi connectivity index (χ1) is 18.2. The van der Waals surface area contributed by atoms with Gasteiger partial charge < -0.3 is 24.5 Å². The average Bonchev–Trinajstić information content (AvgIpc) is 3.20. The van der Waals surface area contributed by atoms with E-state index in [1.165, 1.54) is 18.3 Å². The zero-order chi connectivity index (χ0) is 26.9. The summed E-state index contributed by atoms with van der Waals surface area (Å²) < 4.78 is 37.1. The van der Waals surface area contributed by atoms with Crippen LogP contribution < -0.4 is 15.6 Å². The van der Waals surface area contributed by atoms with Crippen molar-refractivity contribution in [1.82, 2.24) is 24.3 Å². The number of pyridine rings is 1. The van der Waals surface area contributed by atoms with Gasteiger partial charge in [-0.2, -0.15) is 0 Å². The molecule has 0 aliphatic carbocycles. The second-order valence-corrected chi connectivity index (χ2v) is 9.73. The third-order valence-electron chi connectivity index (χ3n) is 6.99. The maximum absolute atomic E-state index is 14.7. The molecule has 2 N–H and O–H groups in total. The SMILES string of the molecule is CCN1CCN(Cc2ccc(Nc3nc4ccc(Oc5ccc(=O)[nH]c5)cc4n3C)cc2C(C)(F)F)CC1. The summed E-state index contributed by atoms with van der Waals surface area (Å²) in [5, 5.41) is 3.21. The van der Waals surface area contributed by atoms with Crippen molar-refractivity contribution >= 4 is 22.7 Å². The standard InChI is InChI=1S/C28H32F2N6O2/c1-4-35-11-13-36(14-12-35)18-19-5-6-20(15-23(19)28(2,29)30)32-27-33-24-9-7-21(16-25(24)34(27)3)38-22-8-10-26(37)31-17-22/h5-10,15-17H,4,11-14,18H2,1-3H3,(H,31,37)(H,32,33). The second-order valence-electron chi connectivity index (χ2n) is 9.73. The number of nitrogens with zero attached hydrogens (tertiary/aromatic N) is 4. The molecule has 2 aromatic carbocycles. The van der Waals surface area contributed by atoms with Gasteiger partial charge >= 0.3 is 0 Å². The number of aromatic nitrogens is 3. The molecule has 0 amide bonds. The number of rotatable bonds is 8. The minimum atomic E-state index is -2.97. The number of likely N-dealkylation sites (N-methyl/N-ethyl adjacent to an activating group) is 1. The van der Waals surface area contributed by atoms with E-state index >= 15 is 0 Å². The molecule has 1 fully saturated rings. The zero-order valence-corrected chi connectivity index (χ0v) is 21.8. The van der Waals surface area contributed by atoms with E-state index in [1.807, 2.05) is 29.8 Å². The van der Waals surface area contributed by atoms with Crippen molar-refractivity contribution in [1.29, 1.82) is 0 Å². The van der Waals surface area contributed by atoms with E-state index in [1.54, 1.807) is 18.2 Å². The molecule has 0 atom stereocenters. The van der Waals surface area contributed by atoms with Crippen LogP contribution in [-0.2, 0) is 19.5 Å². The van der Waals surface area contributed by atoms with Crippen LogP contribution in [0.15, 0.2) is 59.5 Å². The van der Waals surface area contributed by atoms with Crippen LogP contribution in [0.5, 0.6) is 11.5 Å². The van der Waals surface area contributed by atoms with Crippen molar-refractivity contribution in [2.75, 3.05) is 38.0 Å². The molecule has 5 rings (SSSR count). The molecule has 1 aliphatic rings. The van der Waals surface area contributed by atoms with E-state index in [0.717, 1.165) is 50.7 Å². The summed E-state index contributed by atoms with van der Waals surface area (Å²) in [5.74, 6) is -1.37. The molecule has 10 heteroatoms. The minimum absolute atomic E-state index is 0.0239. The highest BCUT2D eigenvalue weighted by atomic mass is 19.3. The number of halogens is 2. The maximum atomic E-state index is 14.7. The number of fused-ring (bicyclic) bond motifs is 1. The zero-order valence-electron chi connectivity index (χ0n) is 21.8. The van der Waals surface area contributed by atoms with E-state index in [4.69, 9.17) is 4.74 Å². The van der Waals surface area contributed by atoms with Crippen LogP contribution >= 0.6 is 0 Å². The molecule has 0 saturated carbocycles. The molecular formula is C28H32F2N6O2. The van der Waals surface area contributed by atoms with E-state index in [2.05, 4.69) is 32.0 Å². The second kappa shape index (κ2) is 10.5. The molecule has 2 aromatic heterocycles. The minimum Gasteiger partial charge on any atom is -0.456 e. The predicted molar refractivity (Wildman–Crippen MR) is 145 cm³/mol. The fourth-order valence-electron chi connectivity index (χ4n) is 4.78. The van der Waals surface area contributed by atoms with Gasteiger partial charge in [0, 0.05) is 76.3 Å². The Morgan fingerprint density at radius 2 is 1.76 bits per heavy atom. The van der Waals surface area contributed by atoms with Gasteiger partial charge in [0.15, 0.2) is 0 Å². The van der Waals surface area contributed by atoms with Gasteiger partial charge in [0.25, 0.3) is 5.92 Å². The molecule has 3 heterocycles. The number of aromatic amines is 1. The molecular weight excluding hydrogens is 490 g/mol. The topological polar surface area (TPSA) is 78.4 Å². The Balaban J connectivity index is 1.36. The normalized spacial score (nSPS) is 15.2. The molecule has 0 unspecified atom stereocenters. The van der Waals surface area contributed by atoms with E-state index in [0.29, 0.717) is 35.2 Å². The Kier molecular flexibility index (Phi) is 7.18. The summed E-state index contributed by atoms with van der Waals surface area (Å²) in [4.78, 5) is 23.1. The Labute approximate surface area is 219 Å². The quantitative estimate of drug-likeness (QED) is 0.337. The lowest BCUT2D eigenvalue weighted by molar-refractivity contribution is 0.0155. The summed E-state index contributed by atoms with van der Waals surface area (Å²) in [7, 11) is 1.85. The van der Waals surface area contributed by atoms with Gasteiger partial charge in [-0.05, 0) is 42.4 Å². The summed E-state index contributed by atoms with van der Waals surface area (Å²) in [6.45, 7) is 8.26. The third-order valence-corrected chi connectivity index (χ3v) is 6.99. The molecule has 0 radical (unpaired) electrons. The first kappa shape index (κ1) is 25.9. The van der Waals surface area contributed by atoms with Crippen LogP contribution in [0.3, 0.4) is 0 Å². The number of piperazine rings is 1. The van der Waals surface area contributed by atoms with Crippen molar-refractivity contribution in [3.8, 4) is 11.5 Å². The van der Waals surface area contributed by atoms with Gasteiger partial charge in [0.2, 0.25) is 11.5 Å². The lowest BCUT2D eigenvalue weighted by atomic mass is 10.0. The van der Waals surface area contributed by atoms with E-state index in [9.17, 15) is 13.6 Å². The Morgan fingerprint density at radius 3 is 2.45 bits per heavy atom. The highest BCUT2D eigenvalue weighted by molar-refractivity contribution is 5.81. The molecule has 200 valence electrons. The van der Waals surface area contributed by atoms with Gasteiger partial charge in [-0.1, -0.05) is 13.0 Å². The van der Waals surface area contributed by atoms with Crippen molar-refractivity contribution in [2.24, 2.45) is 7.05 Å². The van der Waals surface area contributed by atoms with Gasteiger partial charge in [0.1, 0.15) is 11.5 Å². The van der Waals surface area contributed by atoms with Gasteiger partial charge in [-0.15, -0.1) is 0 Å². The Morgan fingerprint density at radius 1 is 1.03 bits per heavy atom. The Bertz CT molecular complexity index is 1460. The molecule has 0 bridgehead atoms. The van der Waals surface area contributed by atoms with E-state index in [-0.39, 0.29) is 11.1 Å². The van der Waals surface area contributed by atoms with Crippen molar-refractivity contribution in [3.05, 3.63) is 76.2 Å². The van der Waals surface area contributed by atoms with Crippen molar-refractivity contribution in [3.63, 3.8) is 0 Å². The number of nitrogens with one attached hydrogen (secondary N) is 2. The van der Waals surface area contributed by atoms with Crippen LogP contribution in [-0.4, -0.2) is 57.1 Å². The third kappa shape index (κ3) is 5.71. The molecule has 38 heavy (non-hydrogen) atoms. The van der Waals surface area contributed by atoms with Crippen molar-refractivity contribution in [2.45, 2.75) is 26.3 Å². The van der Waals surface area contributed by atoms with Crippen LogP contribution in [0, 0.1) is 0 Å². The summed E-state index contributed by atoms with van der Waals surface area (Å²) in [6.07, 6.45) is 1.50. The molecule has 1 aliphatic heterocycles. The fourth-order valence-corrected chi connectivity index (χ4v) is 4.78. The first-order valence-electron chi connectivity index (χ1n) is 12.8. The molecule has 0 spiro atoms. The number of H-pyrrole nitrogens is 1.